The molecule has 0 saturated carbocycles. The fourth-order valence-electron chi connectivity index (χ4n) is 1.45. The van der Waals surface area contributed by atoms with Crippen LogP contribution in [0.5, 0.6) is 0 Å². The van der Waals surface area contributed by atoms with Gasteiger partial charge in [-0.1, -0.05) is 0 Å². The number of amides is 2. The summed E-state index contributed by atoms with van der Waals surface area (Å²) in [6.45, 7) is 9.07. The number of ether oxygens (including phenoxy) is 1. The van der Waals surface area contributed by atoms with Crippen LogP contribution in [0.4, 0.5) is 9.93 Å². The van der Waals surface area contributed by atoms with Gasteiger partial charge in [0.05, 0.1) is 0 Å². The molecule has 1 aromatic rings. The zero-order valence-corrected chi connectivity index (χ0v) is 15.9. The number of nitrogens with one attached hydrogen (secondary N) is 2. The second kappa shape index (κ2) is 9.99. The predicted octanol–water partition coefficient (Wildman–Crippen LogP) is 2.04. The lowest BCUT2D eigenvalue weighted by molar-refractivity contribution is -0.114. The molecule has 0 atom stereocenters. The number of aliphatic imine (C=N–C) groups is 1. The molecule has 2 amide bonds. The number of likely N-dealkylation sites (N-methyl/N-ethyl adjacent to an activating group) is 1. The van der Waals surface area contributed by atoms with Crippen molar-refractivity contribution in [3.63, 3.8) is 0 Å². The summed E-state index contributed by atoms with van der Waals surface area (Å²) in [5.41, 5.74) is 0.0754. The Hall–Kier alpha value is -2.00. The molecular formula is C15H26N4O4S. The Bertz CT molecular complexity index is 576. The van der Waals surface area contributed by atoms with Crippen molar-refractivity contribution in [2.45, 2.75) is 46.3 Å². The number of aliphatic hydroxyl groups is 1. The molecule has 136 valence electrons. The third-order valence-corrected chi connectivity index (χ3v) is 2.94. The van der Waals surface area contributed by atoms with Crippen LogP contribution in [0.1, 0.15) is 40.3 Å². The number of hydrogen-bond acceptors (Lipinski definition) is 7. The van der Waals surface area contributed by atoms with Gasteiger partial charge in [0.15, 0.2) is 5.13 Å². The summed E-state index contributed by atoms with van der Waals surface area (Å²) < 4.78 is 5.15. The summed E-state index contributed by atoms with van der Waals surface area (Å²) in [5.74, 6) is -0.317. The Morgan fingerprint density at radius 3 is 2.38 bits per heavy atom. The van der Waals surface area contributed by atoms with E-state index in [1.807, 2.05) is 13.8 Å². The topological polar surface area (TPSA) is 113 Å². The molecule has 0 spiro atoms. The molecule has 1 aromatic heterocycles. The van der Waals surface area contributed by atoms with E-state index in [4.69, 9.17) is 9.84 Å². The quantitative estimate of drug-likeness (QED) is 0.713. The third-order valence-electron chi connectivity index (χ3n) is 2.18. The zero-order chi connectivity index (χ0) is 18.9. The van der Waals surface area contributed by atoms with Crippen LogP contribution in [-0.2, 0) is 9.53 Å². The average Bonchev–Trinajstić information content (AvgIpc) is 2.91. The Balaban J connectivity index is 0.00000254. The fraction of sp³-hybridized carbons (Fsp3) is 0.600. The van der Waals surface area contributed by atoms with E-state index in [1.165, 1.54) is 18.4 Å². The van der Waals surface area contributed by atoms with E-state index in [2.05, 4.69) is 20.6 Å². The predicted molar refractivity (Wildman–Crippen MR) is 95.9 cm³/mol. The number of aromatic nitrogens is 1. The number of nitrogens with zero attached hydrogens (tertiary/aromatic N) is 2. The van der Waals surface area contributed by atoms with E-state index in [-0.39, 0.29) is 17.7 Å². The molecule has 9 heteroatoms. The van der Waals surface area contributed by atoms with Crippen molar-refractivity contribution in [1.29, 1.82) is 0 Å². The molecule has 0 radical (unpaired) electrons. The molecule has 0 aliphatic carbocycles. The Kier molecular flexibility index (Phi) is 9.16. The van der Waals surface area contributed by atoms with E-state index in [0.717, 1.165) is 7.11 Å². The van der Waals surface area contributed by atoms with E-state index in [0.29, 0.717) is 10.8 Å². The van der Waals surface area contributed by atoms with Gasteiger partial charge in [-0.25, -0.2) is 9.78 Å². The SMILES string of the molecule is CNC(=O)C(=NC(C)C)c1csc(NC(=O)OC(C)(C)C)n1.CO. The average molecular weight is 358 g/mol. The molecule has 24 heavy (non-hydrogen) atoms. The minimum absolute atomic E-state index is 0.0451. The summed E-state index contributed by atoms with van der Waals surface area (Å²) in [6, 6.07) is -0.0451. The van der Waals surface area contributed by atoms with Gasteiger partial charge in [-0.15, -0.1) is 11.3 Å². The lowest BCUT2D eigenvalue weighted by atomic mass is 10.2. The summed E-state index contributed by atoms with van der Waals surface area (Å²) in [7, 11) is 2.53. The molecule has 1 heterocycles. The fourth-order valence-corrected chi connectivity index (χ4v) is 2.13. The van der Waals surface area contributed by atoms with Gasteiger partial charge in [0.1, 0.15) is 17.0 Å². The first-order valence-electron chi connectivity index (χ1n) is 7.33. The molecule has 0 unspecified atom stereocenters. The van der Waals surface area contributed by atoms with Crippen LogP contribution >= 0.6 is 11.3 Å². The maximum absolute atomic E-state index is 11.9. The number of anilines is 1. The van der Waals surface area contributed by atoms with Crippen LogP contribution < -0.4 is 10.6 Å². The second-order valence-electron chi connectivity index (χ2n) is 5.82. The number of thiazole rings is 1. The van der Waals surface area contributed by atoms with E-state index in [9.17, 15) is 9.59 Å². The molecule has 1 rings (SSSR count). The Morgan fingerprint density at radius 1 is 1.33 bits per heavy atom. The van der Waals surface area contributed by atoms with Crippen molar-refractivity contribution in [3.05, 3.63) is 11.1 Å². The highest BCUT2D eigenvalue weighted by Gasteiger charge is 2.20. The number of hydrogen-bond donors (Lipinski definition) is 3. The van der Waals surface area contributed by atoms with Gasteiger partial charge in [0.25, 0.3) is 5.91 Å². The van der Waals surface area contributed by atoms with Gasteiger partial charge in [0, 0.05) is 25.6 Å². The monoisotopic (exact) mass is 358 g/mol. The standard InChI is InChI=1S/C14H22N4O3S.CH4O/c1-8(2)16-10(11(19)15-6)9-7-22-12(17-9)18-13(20)21-14(3,4)5;1-2/h7-8H,1-6H3,(H,15,19)(H,17,18,20);2H,1H3. The largest absolute Gasteiger partial charge is 0.444 e. The summed E-state index contributed by atoms with van der Waals surface area (Å²) >= 11 is 1.20. The molecule has 3 N–H and O–H groups in total. The minimum Gasteiger partial charge on any atom is -0.444 e. The lowest BCUT2D eigenvalue weighted by Crippen LogP contribution is -2.29. The molecular weight excluding hydrogens is 332 g/mol. The second-order valence-corrected chi connectivity index (χ2v) is 6.67. The third kappa shape index (κ3) is 8.02. The Morgan fingerprint density at radius 2 is 1.92 bits per heavy atom. The maximum atomic E-state index is 11.9. The van der Waals surface area contributed by atoms with Gasteiger partial charge >= 0.3 is 6.09 Å². The normalized spacial score (nSPS) is 11.5. The zero-order valence-electron chi connectivity index (χ0n) is 15.1. The van der Waals surface area contributed by atoms with Gasteiger partial charge in [-0.3, -0.25) is 15.1 Å². The van der Waals surface area contributed by atoms with Crippen LogP contribution in [0.2, 0.25) is 0 Å². The van der Waals surface area contributed by atoms with E-state index < -0.39 is 11.7 Å². The summed E-state index contributed by atoms with van der Waals surface area (Å²) in [4.78, 5) is 32.1. The van der Waals surface area contributed by atoms with Gasteiger partial charge < -0.3 is 15.2 Å². The van der Waals surface area contributed by atoms with Crippen LogP contribution in [0, 0.1) is 0 Å². The van der Waals surface area contributed by atoms with Gasteiger partial charge in [-0.2, -0.15) is 0 Å². The van der Waals surface area contributed by atoms with Gasteiger partial charge in [-0.05, 0) is 34.6 Å². The maximum Gasteiger partial charge on any atom is 0.413 e. The van der Waals surface area contributed by atoms with Crippen LogP contribution in [0.15, 0.2) is 10.4 Å². The molecule has 0 fully saturated rings. The van der Waals surface area contributed by atoms with Crippen molar-refractivity contribution in [1.82, 2.24) is 10.3 Å². The number of carbonyl (C=O) groups is 2. The van der Waals surface area contributed by atoms with Crippen molar-refractivity contribution < 1.29 is 19.4 Å². The van der Waals surface area contributed by atoms with Crippen LogP contribution in [0.25, 0.3) is 0 Å². The smallest absolute Gasteiger partial charge is 0.413 e. The van der Waals surface area contributed by atoms with E-state index in [1.54, 1.807) is 26.2 Å². The number of aliphatic hydroxyl groups excluding tert-OH is 1. The molecule has 0 aliphatic rings. The number of carbonyl (C=O) groups excluding carboxylic acids is 2. The highest BCUT2D eigenvalue weighted by Crippen LogP contribution is 2.18. The van der Waals surface area contributed by atoms with E-state index >= 15 is 0 Å². The molecule has 0 aliphatic heterocycles. The van der Waals surface area contributed by atoms with Crippen molar-refractivity contribution in [2.24, 2.45) is 4.99 Å². The first-order chi connectivity index (χ1) is 11.1. The van der Waals surface area contributed by atoms with Gasteiger partial charge in [0.2, 0.25) is 0 Å². The molecule has 0 aromatic carbocycles. The number of rotatable bonds is 4. The van der Waals surface area contributed by atoms with Crippen LogP contribution in [0.3, 0.4) is 0 Å². The van der Waals surface area contributed by atoms with Crippen molar-refractivity contribution >= 4 is 34.2 Å². The van der Waals surface area contributed by atoms with Crippen molar-refractivity contribution in [2.75, 3.05) is 19.5 Å². The summed E-state index contributed by atoms with van der Waals surface area (Å²) in [6.07, 6.45) is -0.587. The highest BCUT2D eigenvalue weighted by molar-refractivity contribution is 7.14. The van der Waals surface area contributed by atoms with Crippen molar-refractivity contribution in [3.8, 4) is 0 Å². The molecule has 8 nitrogen and oxygen atoms in total. The Labute approximate surface area is 146 Å². The molecule has 0 saturated heterocycles. The lowest BCUT2D eigenvalue weighted by Gasteiger charge is -2.18. The van der Waals surface area contributed by atoms with Crippen LogP contribution in [-0.4, -0.2) is 53.6 Å². The first-order valence-corrected chi connectivity index (χ1v) is 8.21. The molecule has 0 bridgehead atoms. The highest BCUT2D eigenvalue weighted by atomic mass is 32.1. The minimum atomic E-state index is -0.587. The summed E-state index contributed by atoms with van der Waals surface area (Å²) in [5, 5.41) is 14.1. The first kappa shape index (κ1) is 22.0.